The van der Waals surface area contributed by atoms with Crippen molar-refractivity contribution >= 4 is 49.6 Å². The number of thiophene rings is 1. The van der Waals surface area contributed by atoms with E-state index in [9.17, 15) is 22.8 Å². The quantitative estimate of drug-likeness (QED) is 0.694. The molecule has 1 unspecified atom stereocenters. The topological polar surface area (TPSA) is 119 Å². The smallest absolute Gasteiger partial charge is 0.341 e. The molecule has 158 valence electrons. The van der Waals surface area contributed by atoms with Gasteiger partial charge in [0.2, 0.25) is 11.8 Å². The molecule has 0 bridgehead atoms. The fraction of sp³-hybridized carbons (Fsp3) is 0.350. The van der Waals surface area contributed by atoms with E-state index in [2.05, 4.69) is 10.6 Å². The van der Waals surface area contributed by atoms with E-state index in [0.717, 1.165) is 11.3 Å². The van der Waals surface area contributed by atoms with Crippen molar-refractivity contribution in [1.29, 1.82) is 0 Å². The lowest BCUT2D eigenvalue weighted by atomic mass is 9.90. The summed E-state index contributed by atoms with van der Waals surface area (Å²) in [6.07, 6.45) is 0.184. The zero-order valence-corrected chi connectivity index (χ0v) is 17.8. The summed E-state index contributed by atoms with van der Waals surface area (Å²) < 4.78 is 29.2. The molecule has 8 nitrogen and oxygen atoms in total. The number of nitrogens with one attached hydrogen (secondary N) is 2. The second kappa shape index (κ2) is 7.84. The molecule has 0 saturated heterocycles. The van der Waals surface area contributed by atoms with Gasteiger partial charge in [-0.1, -0.05) is 18.2 Å². The second-order valence-electron chi connectivity index (χ2n) is 7.15. The van der Waals surface area contributed by atoms with Crippen LogP contribution in [0.3, 0.4) is 0 Å². The van der Waals surface area contributed by atoms with Gasteiger partial charge >= 0.3 is 5.97 Å². The number of benzene rings is 1. The van der Waals surface area contributed by atoms with Gasteiger partial charge < -0.3 is 15.4 Å². The summed E-state index contributed by atoms with van der Waals surface area (Å²) in [6.45, 7) is 1.84. The first-order valence-corrected chi connectivity index (χ1v) is 12.1. The minimum absolute atomic E-state index is 0.0168. The van der Waals surface area contributed by atoms with Gasteiger partial charge in [-0.25, -0.2) is 13.2 Å². The normalized spacial score (nSPS) is 19.2. The van der Waals surface area contributed by atoms with Crippen LogP contribution in [0.2, 0.25) is 0 Å². The van der Waals surface area contributed by atoms with E-state index in [4.69, 9.17) is 4.74 Å². The second-order valence-corrected chi connectivity index (χ2v) is 10.4. The number of hydrogen-bond donors (Lipinski definition) is 2. The van der Waals surface area contributed by atoms with Crippen molar-refractivity contribution in [3.05, 3.63) is 45.8 Å². The van der Waals surface area contributed by atoms with Gasteiger partial charge in [-0.3, -0.25) is 9.59 Å². The molecule has 10 heteroatoms. The molecule has 2 aromatic rings. The molecular formula is C20H20N2O6S2. The average molecular weight is 449 g/mol. The first-order valence-electron chi connectivity index (χ1n) is 9.50. The van der Waals surface area contributed by atoms with Crippen molar-refractivity contribution in [3.63, 3.8) is 0 Å². The SMILES string of the molecule is CCOC(=O)c1c(NC(=O)C2CC(=O)Nc3ccccc32)sc2c1CCS(=O)(=O)C2. The van der Waals surface area contributed by atoms with Gasteiger partial charge in [0.05, 0.1) is 29.6 Å². The number of ether oxygens (including phenoxy) is 1. The van der Waals surface area contributed by atoms with Gasteiger partial charge in [0.15, 0.2) is 9.84 Å². The maximum absolute atomic E-state index is 13.1. The predicted molar refractivity (Wildman–Crippen MR) is 113 cm³/mol. The number of carbonyl (C=O) groups excluding carboxylic acids is 3. The van der Waals surface area contributed by atoms with Gasteiger partial charge in [-0.05, 0) is 30.5 Å². The number of para-hydroxylation sites is 1. The molecule has 0 aliphatic carbocycles. The minimum atomic E-state index is -3.24. The highest BCUT2D eigenvalue weighted by atomic mass is 32.2. The number of anilines is 2. The Hall–Kier alpha value is -2.72. The van der Waals surface area contributed by atoms with Crippen molar-refractivity contribution in [2.24, 2.45) is 0 Å². The molecule has 2 aliphatic rings. The summed E-state index contributed by atoms with van der Waals surface area (Å²) in [5.41, 5.74) is 2.10. The summed E-state index contributed by atoms with van der Waals surface area (Å²) in [5, 5.41) is 5.78. The molecular weight excluding hydrogens is 428 g/mol. The fourth-order valence-corrected chi connectivity index (χ4v) is 6.82. The van der Waals surface area contributed by atoms with Crippen LogP contribution in [-0.2, 0) is 36.3 Å². The predicted octanol–water partition coefficient (Wildman–Crippen LogP) is 2.46. The van der Waals surface area contributed by atoms with Gasteiger partial charge in [-0.15, -0.1) is 11.3 Å². The number of carbonyl (C=O) groups is 3. The third kappa shape index (κ3) is 3.84. The zero-order chi connectivity index (χ0) is 21.5. The number of fused-ring (bicyclic) bond motifs is 2. The largest absolute Gasteiger partial charge is 0.462 e. The van der Waals surface area contributed by atoms with Crippen LogP contribution in [0, 0.1) is 0 Å². The lowest BCUT2D eigenvalue weighted by Crippen LogP contribution is -2.31. The van der Waals surface area contributed by atoms with Crippen LogP contribution in [0.4, 0.5) is 10.7 Å². The highest BCUT2D eigenvalue weighted by Crippen LogP contribution is 2.40. The van der Waals surface area contributed by atoms with Crippen LogP contribution in [0.1, 0.15) is 45.6 Å². The van der Waals surface area contributed by atoms with Gasteiger partial charge in [-0.2, -0.15) is 0 Å². The Bertz CT molecular complexity index is 1150. The van der Waals surface area contributed by atoms with Crippen molar-refractivity contribution in [1.82, 2.24) is 0 Å². The van der Waals surface area contributed by atoms with E-state index in [1.54, 1.807) is 31.2 Å². The Balaban J connectivity index is 1.69. The lowest BCUT2D eigenvalue weighted by molar-refractivity contribution is -0.123. The van der Waals surface area contributed by atoms with E-state index in [1.165, 1.54) is 0 Å². The fourth-order valence-electron chi connectivity index (χ4n) is 3.77. The molecule has 4 rings (SSSR count). The molecule has 0 fully saturated rings. The number of rotatable bonds is 4. The van der Waals surface area contributed by atoms with Crippen LogP contribution in [0.25, 0.3) is 0 Å². The highest BCUT2D eigenvalue weighted by Gasteiger charge is 2.35. The molecule has 0 saturated carbocycles. The summed E-state index contributed by atoms with van der Waals surface area (Å²) in [7, 11) is -3.24. The Labute approximate surface area is 177 Å². The van der Waals surface area contributed by atoms with E-state index >= 15 is 0 Å². The third-order valence-corrected chi connectivity index (χ3v) is 8.02. The molecule has 1 aromatic carbocycles. The van der Waals surface area contributed by atoms with Gasteiger partial charge in [0, 0.05) is 17.0 Å². The molecule has 2 N–H and O–H groups in total. The monoisotopic (exact) mass is 448 g/mol. The van der Waals surface area contributed by atoms with Crippen molar-refractivity contribution in [2.45, 2.75) is 31.4 Å². The molecule has 1 atom stereocenters. The summed E-state index contributed by atoms with van der Waals surface area (Å²) >= 11 is 1.08. The molecule has 30 heavy (non-hydrogen) atoms. The van der Waals surface area contributed by atoms with Crippen molar-refractivity contribution < 1.29 is 27.5 Å². The highest BCUT2D eigenvalue weighted by molar-refractivity contribution is 7.90. The number of hydrogen-bond acceptors (Lipinski definition) is 7. The molecule has 2 amide bonds. The molecule has 3 heterocycles. The van der Waals surface area contributed by atoms with E-state index in [-0.39, 0.29) is 47.4 Å². The Morgan fingerprint density at radius 2 is 2.07 bits per heavy atom. The Kier molecular flexibility index (Phi) is 5.37. The summed E-state index contributed by atoms with van der Waals surface area (Å²) in [5.74, 6) is -2.21. The molecule has 0 radical (unpaired) electrons. The maximum atomic E-state index is 13.1. The summed E-state index contributed by atoms with van der Waals surface area (Å²) in [6, 6.07) is 7.06. The van der Waals surface area contributed by atoms with Crippen LogP contribution in [0.5, 0.6) is 0 Å². The number of sulfone groups is 1. The third-order valence-electron chi connectivity index (χ3n) is 5.14. The standard InChI is InChI=1S/C20H20N2O6S2/c1-2-28-20(25)17-12-7-8-30(26,27)10-15(12)29-19(17)22-18(24)13-9-16(23)21-14-6-4-3-5-11(13)14/h3-6,13H,2,7-10H2,1H3,(H,21,23)(H,22,24). The summed E-state index contributed by atoms with van der Waals surface area (Å²) in [4.78, 5) is 38.3. The number of amides is 2. The van der Waals surface area contributed by atoms with E-state index in [0.29, 0.717) is 21.7 Å². The lowest BCUT2D eigenvalue weighted by Gasteiger charge is -2.24. The Morgan fingerprint density at radius 1 is 1.30 bits per heavy atom. The van der Waals surface area contributed by atoms with Gasteiger partial charge in [0.1, 0.15) is 5.00 Å². The Morgan fingerprint density at radius 3 is 2.83 bits per heavy atom. The van der Waals surface area contributed by atoms with Gasteiger partial charge in [0.25, 0.3) is 0 Å². The zero-order valence-electron chi connectivity index (χ0n) is 16.2. The minimum Gasteiger partial charge on any atom is -0.462 e. The van der Waals surface area contributed by atoms with Crippen LogP contribution >= 0.6 is 11.3 Å². The van der Waals surface area contributed by atoms with E-state index in [1.807, 2.05) is 0 Å². The molecule has 2 aliphatic heterocycles. The number of esters is 1. The maximum Gasteiger partial charge on any atom is 0.341 e. The van der Waals surface area contributed by atoms with Crippen LogP contribution in [0.15, 0.2) is 24.3 Å². The van der Waals surface area contributed by atoms with Crippen LogP contribution < -0.4 is 10.6 Å². The first kappa shape index (κ1) is 20.5. The van der Waals surface area contributed by atoms with Crippen LogP contribution in [-0.4, -0.2) is 38.6 Å². The van der Waals surface area contributed by atoms with Crippen molar-refractivity contribution in [2.75, 3.05) is 23.0 Å². The average Bonchev–Trinajstić information content (AvgIpc) is 3.03. The van der Waals surface area contributed by atoms with E-state index < -0.39 is 27.6 Å². The molecule has 0 spiro atoms. The van der Waals surface area contributed by atoms with Crippen molar-refractivity contribution in [3.8, 4) is 0 Å². The molecule has 1 aromatic heterocycles. The first-order chi connectivity index (χ1) is 14.3.